The predicted molar refractivity (Wildman–Crippen MR) is 101 cm³/mol. The zero-order valence-electron chi connectivity index (χ0n) is 14.9. The van der Waals surface area contributed by atoms with E-state index in [9.17, 15) is 14.4 Å². The van der Waals surface area contributed by atoms with Crippen molar-refractivity contribution in [2.45, 2.75) is 38.0 Å². The Hall–Kier alpha value is -2.55. The van der Waals surface area contributed by atoms with Crippen LogP contribution in [-0.2, 0) is 25.5 Å². The van der Waals surface area contributed by atoms with Gasteiger partial charge in [0, 0.05) is 18.2 Å². The number of nitrogens with one attached hydrogen (secondary N) is 3. The van der Waals surface area contributed by atoms with Crippen molar-refractivity contribution in [1.82, 2.24) is 10.7 Å². The average Bonchev–Trinajstić information content (AvgIpc) is 2.94. The standard InChI is InChI=1S/C17H22N4O4S/c1-10(2)20-21-17-19-16(24)13(26-17)9-14(22)18-12-7-5-4-6-11(12)8-15(23)25-3/h4-7,10,13,20H,8-9H2,1-3H3,(H,18,22)(H,19,21,24). The van der Waals surface area contributed by atoms with Crippen molar-refractivity contribution >= 4 is 40.4 Å². The number of benzene rings is 1. The number of hydrazone groups is 1. The van der Waals surface area contributed by atoms with Gasteiger partial charge in [-0.05, 0) is 25.5 Å². The van der Waals surface area contributed by atoms with Crippen molar-refractivity contribution < 1.29 is 19.1 Å². The fourth-order valence-electron chi connectivity index (χ4n) is 2.17. The minimum Gasteiger partial charge on any atom is -0.469 e. The van der Waals surface area contributed by atoms with Crippen LogP contribution in [0.5, 0.6) is 0 Å². The third kappa shape index (κ3) is 5.76. The Morgan fingerprint density at radius 3 is 2.77 bits per heavy atom. The number of ether oxygens (including phenoxy) is 1. The Morgan fingerprint density at radius 1 is 1.35 bits per heavy atom. The first-order valence-electron chi connectivity index (χ1n) is 8.14. The highest BCUT2D eigenvalue weighted by atomic mass is 32.2. The van der Waals surface area contributed by atoms with E-state index in [-0.39, 0.29) is 30.7 Å². The lowest BCUT2D eigenvalue weighted by Gasteiger charge is -2.11. The lowest BCUT2D eigenvalue weighted by molar-refractivity contribution is -0.139. The lowest BCUT2D eigenvalue weighted by atomic mass is 10.1. The summed E-state index contributed by atoms with van der Waals surface area (Å²) in [6.07, 6.45) is 0.0626. The monoisotopic (exact) mass is 378 g/mol. The molecular formula is C17H22N4O4S. The van der Waals surface area contributed by atoms with Gasteiger partial charge in [-0.2, -0.15) is 5.10 Å². The molecule has 140 valence electrons. The van der Waals surface area contributed by atoms with E-state index in [0.717, 1.165) is 0 Å². The molecule has 1 saturated heterocycles. The molecular weight excluding hydrogens is 356 g/mol. The molecule has 0 bridgehead atoms. The number of hydrogen-bond acceptors (Lipinski definition) is 7. The molecule has 1 fully saturated rings. The molecule has 1 unspecified atom stereocenters. The minimum absolute atomic E-state index is 0.00373. The van der Waals surface area contributed by atoms with E-state index in [1.807, 2.05) is 13.8 Å². The first-order chi connectivity index (χ1) is 12.4. The molecule has 1 atom stereocenters. The maximum Gasteiger partial charge on any atom is 0.310 e. The van der Waals surface area contributed by atoms with Crippen molar-refractivity contribution in [2.24, 2.45) is 5.10 Å². The summed E-state index contributed by atoms with van der Waals surface area (Å²) in [5, 5.41) is 9.39. The number of carbonyl (C=O) groups is 3. The zero-order valence-corrected chi connectivity index (χ0v) is 15.7. The Labute approximate surface area is 156 Å². The SMILES string of the molecule is COC(=O)Cc1ccccc1NC(=O)CC1SC(=NNC(C)C)NC1=O. The first kappa shape index (κ1) is 19.8. The van der Waals surface area contributed by atoms with E-state index in [0.29, 0.717) is 16.4 Å². The number of thioether (sulfide) groups is 1. The molecule has 26 heavy (non-hydrogen) atoms. The Morgan fingerprint density at radius 2 is 2.08 bits per heavy atom. The lowest BCUT2D eigenvalue weighted by Crippen LogP contribution is -2.29. The number of amides is 2. The van der Waals surface area contributed by atoms with E-state index >= 15 is 0 Å². The normalized spacial score (nSPS) is 17.9. The van der Waals surface area contributed by atoms with Crippen LogP contribution in [0.2, 0.25) is 0 Å². The highest BCUT2D eigenvalue weighted by Gasteiger charge is 2.32. The number of hydrogen-bond donors (Lipinski definition) is 3. The van der Waals surface area contributed by atoms with Gasteiger partial charge in [-0.1, -0.05) is 30.0 Å². The van der Waals surface area contributed by atoms with Crippen LogP contribution in [0.25, 0.3) is 0 Å². The fraction of sp³-hybridized carbons (Fsp3) is 0.412. The predicted octanol–water partition coefficient (Wildman–Crippen LogP) is 1.23. The second kappa shape index (κ2) is 9.23. The molecule has 1 aliphatic heterocycles. The van der Waals surface area contributed by atoms with E-state index in [1.54, 1.807) is 24.3 Å². The zero-order chi connectivity index (χ0) is 19.1. The van der Waals surface area contributed by atoms with Gasteiger partial charge in [0.1, 0.15) is 5.25 Å². The first-order valence-corrected chi connectivity index (χ1v) is 9.02. The van der Waals surface area contributed by atoms with E-state index in [4.69, 9.17) is 0 Å². The smallest absolute Gasteiger partial charge is 0.310 e. The topological polar surface area (TPSA) is 109 Å². The van der Waals surface area contributed by atoms with E-state index in [1.165, 1.54) is 18.9 Å². The van der Waals surface area contributed by atoms with Crippen LogP contribution in [0.15, 0.2) is 29.4 Å². The van der Waals surface area contributed by atoms with Crippen molar-refractivity contribution in [3.05, 3.63) is 29.8 Å². The number of rotatable bonds is 7. The summed E-state index contributed by atoms with van der Waals surface area (Å²) in [4.78, 5) is 35.8. The molecule has 1 heterocycles. The van der Waals surface area contributed by atoms with Crippen molar-refractivity contribution in [3.8, 4) is 0 Å². The number of para-hydroxylation sites is 1. The number of nitrogens with zero attached hydrogens (tertiary/aromatic N) is 1. The van der Waals surface area contributed by atoms with E-state index in [2.05, 4.69) is 25.9 Å². The van der Waals surface area contributed by atoms with Crippen LogP contribution >= 0.6 is 11.8 Å². The van der Waals surface area contributed by atoms with Crippen molar-refractivity contribution in [1.29, 1.82) is 0 Å². The molecule has 1 aromatic rings. The van der Waals surface area contributed by atoms with Gasteiger partial charge in [-0.3, -0.25) is 14.4 Å². The minimum atomic E-state index is -0.546. The van der Waals surface area contributed by atoms with Crippen LogP contribution in [0.3, 0.4) is 0 Å². The number of anilines is 1. The van der Waals surface area contributed by atoms with Crippen LogP contribution in [-0.4, -0.2) is 41.4 Å². The fourth-order valence-corrected chi connectivity index (χ4v) is 3.11. The third-order valence-corrected chi connectivity index (χ3v) is 4.51. The van der Waals surface area contributed by atoms with Crippen LogP contribution < -0.4 is 16.1 Å². The molecule has 3 N–H and O–H groups in total. The largest absolute Gasteiger partial charge is 0.469 e. The van der Waals surface area contributed by atoms with Gasteiger partial charge in [-0.15, -0.1) is 0 Å². The highest BCUT2D eigenvalue weighted by Crippen LogP contribution is 2.23. The van der Waals surface area contributed by atoms with Crippen molar-refractivity contribution in [3.63, 3.8) is 0 Å². The number of esters is 1. The molecule has 0 aromatic heterocycles. The van der Waals surface area contributed by atoms with Gasteiger partial charge in [0.2, 0.25) is 11.8 Å². The second-order valence-corrected chi connectivity index (χ2v) is 7.15. The Kier molecular flexibility index (Phi) is 7.02. The van der Waals surface area contributed by atoms with Gasteiger partial charge in [-0.25, -0.2) is 0 Å². The summed E-state index contributed by atoms with van der Waals surface area (Å²) in [5.74, 6) is -0.957. The molecule has 0 saturated carbocycles. The van der Waals surface area contributed by atoms with Crippen LogP contribution in [0.4, 0.5) is 5.69 Å². The molecule has 0 aliphatic carbocycles. The third-order valence-electron chi connectivity index (χ3n) is 3.43. The van der Waals surface area contributed by atoms with Gasteiger partial charge in [0.25, 0.3) is 0 Å². The summed E-state index contributed by atoms with van der Waals surface area (Å²) < 4.78 is 4.66. The van der Waals surface area contributed by atoms with Gasteiger partial charge in [0.15, 0.2) is 5.17 Å². The summed E-state index contributed by atoms with van der Waals surface area (Å²) in [6.45, 7) is 3.87. The number of methoxy groups -OCH3 is 1. The molecule has 1 aliphatic rings. The highest BCUT2D eigenvalue weighted by molar-refractivity contribution is 8.15. The Balaban J connectivity index is 1.96. The summed E-state index contributed by atoms with van der Waals surface area (Å²) in [5.41, 5.74) is 4.04. The molecule has 0 radical (unpaired) electrons. The van der Waals surface area contributed by atoms with Crippen molar-refractivity contribution in [2.75, 3.05) is 12.4 Å². The quantitative estimate of drug-likeness (QED) is 0.486. The average molecular weight is 378 g/mol. The van der Waals surface area contributed by atoms with E-state index < -0.39 is 11.2 Å². The Bertz CT molecular complexity index is 720. The summed E-state index contributed by atoms with van der Waals surface area (Å²) in [7, 11) is 1.31. The van der Waals surface area contributed by atoms with Gasteiger partial charge < -0.3 is 20.8 Å². The maximum absolute atomic E-state index is 12.3. The molecule has 2 rings (SSSR count). The molecule has 1 aromatic carbocycles. The summed E-state index contributed by atoms with van der Waals surface area (Å²) >= 11 is 1.21. The number of amidine groups is 1. The molecule has 9 heteroatoms. The van der Waals surface area contributed by atoms with Gasteiger partial charge in [0.05, 0.1) is 13.5 Å². The summed E-state index contributed by atoms with van der Waals surface area (Å²) in [6, 6.07) is 7.13. The van der Waals surface area contributed by atoms with Gasteiger partial charge >= 0.3 is 5.97 Å². The maximum atomic E-state index is 12.3. The molecule has 8 nitrogen and oxygen atoms in total. The second-order valence-electron chi connectivity index (χ2n) is 5.96. The molecule has 0 spiro atoms. The molecule has 2 amide bonds. The van der Waals surface area contributed by atoms with Crippen LogP contribution in [0, 0.1) is 0 Å². The van der Waals surface area contributed by atoms with Crippen LogP contribution in [0.1, 0.15) is 25.8 Å². The number of carbonyl (C=O) groups excluding carboxylic acids is 3.